The molecular weight excluding hydrogens is 80.0 g/mol. The average Bonchev–Trinajstić information content (AvgIpc) is 1.61. The van der Waals surface area contributed by atoms with Gasteiger partial charge in [0.05, 0.1) is 7.11 Å². The lowest BCUT2D eigenvalue weighted by molar-refractivity contribution is 0.421. The quantitative estimate of drug-likeness (QED) is 0.270. The van der Waals surface area contributed by atoms with Gasteiger partial charge in [-0.1, -0.05) is 0 Å². The Balaban J connectivity index is 2.94. The van der Waals surface area contributed by atoms with Crippen molar-refractivity contribution in [3.63, 3.8) is 0 Å². The molecule has 0 aliphatic heterocycles. The lowest BCUT2D eigenvalue weighted by atomic mass is 11.4. The van der Waals surface area contributed by atoms with E-state index in [0.717, 1.165) is 0 Å². The van der Waals surface area contributed by atoms with Gasteiger partial charge >= 0.3 is 0 Å². The minimum atomic E-state index is 1.20. The molecule has 0 radical (unpaired) electrons. The lowest BCUT2D eigenvalue weighted by Gasteiger charge is -1.76. The van der Waals surface area contributed by atoms with Gasteiger partial charge in [0, 0.05) is 6.72 Å². The number of hydrogen-bond donors (Lipinski definition) is 0. The van der Waals surface area contributed by atoms with Gasteiger partial charge in [-0.25, -0.2) is 0 Å². The SMILES string of the molecule is C=N/N=C\OC. The van der Waals surface area contributed by atoms with E-state index in [1.165, 1.54) is 13.5 Å². The Morgan fingerprint density at radius 1 is 1.83 bits per heavy atom. The van der Waals surface area contributed by atoms with Crippen LogP contribution >= 0.6 is 0 Å². The van der Waals surface area contributed by atoms with Crippen molar-refractivity contribution >= 4 is 13.1 Å². The van der Waals surface area contributed by atoms with E-state index in [9.17, 15) is 0 Å². The fraction of sp³-hybridized carbons (Fsp3) is 0.333. The maximum Gasteiger partial charge on any atom is 0.194 e. The Morgan fingerprint density at radius 2 is 2.50 bits per heavy atom. The minimum Gasteiger partial charge on any atom is -0.485 e. The highest BCUT2D eigenvalue weighted by atomic mass is 16.5. The van der Waals surface area contributed by atoms with Crippen LogP contribution in [0.3, 0.4) is 0 Å². The molecule has 0 saturated heterocycles. The van der Waals surface area contributed by atoms with Gasteiger partial charge in [-0.3, -0.25) is 0 Å². The summed E-state index contributed by atoms with van der Waals surface area (Å²) in [6.45, 7) is 3.07. The molecule has 0 atom stereocenters. The van der Waals surface area contributed by atoms with Gasteiger partial charge in [0.25, 0.3) is 0 Å². The zero-order chi connectivity index (χ0) is 4.83. The Bertz CT molecular complexity index is 59.8. The highest BCUT2D eigenvalue weighted by molar-refractivity contribution is 5.46. The summed E-state index contributed by atoms with van der Waals surface area (Å²) in [5.41, 5.74) is 0. The third kappa shape index (κ3) is 3.14. The maximum absolute atomic E-state index is 4.36. The van der Waals surface area contributed by atoms with Crippen LogP contribution in [-0.4, -0.2) is 20.2 Å². The van der Waals surface area contributed by atoms with Crippen LogP contribution in [0.1, 0.15) is 0 Å². The van der Waals surface area contributed by atoms with Gasteiger partial charge < -0.3 is 4.74 Å². The Labute approximate surface area is 36.3 Å². The van der Waals surface area contributed by atoms with E-state index in [2.05, 4.69) is 21.7 Å². The van der Waals surface area contributed by atoms with Gasteiger partial charge in [0.2, 0.25) is 0 Å². The van der Waals surface area contributed by atoms with Gasteiger partial charge in [-0.2, -0.15) is 5.10 Å². The molecule has 0 rings (SSSR count). The lowest BCUT2D eigenvalue weighted by Crippen LogP contribution is -1.71. The zero-order valence-electron chi connectivity index (χ0n) is 3.59. The molecule has 0 aromatic carbocycles. The van der Waals surface area contributed by atoms with Crippen molar-refractivity contribution in [2.75, 3.05) is 7.11 Å². The van der Waals surface area contributed by atoms with Crippen LogP contribution in [-0.2, 0) is 4.74 Å². The summed E-state index contributed by atoms with van der Waals surface area (Å²) < 4.78 is 4.36. The molecule has 0 unspecified atom stereocenters. The second kappa shape index (κ2) is 4.14. The summed E-state index contributed by atoms with van der Waals surface area (Å²) in [7, 11) is 1.49. The first-order chi connectivity index (χ1) is 2.91. The van der Waals surface area contributed by atoms with E-state index in [1.807, 2.05) is 0 Å². The van der Waals surface area contributed by atoms with E-state index in [0.29, 0.717) is 0 Å². The van der Waals surface area contributed by atoms with E-state index in [4.69, 9.17) is 0 Å². The van der Waals surface area contributed by atoms with Crippen molar-refractivity contribution in [2.45, 2.75) is 0 Å². The normalized spacial score (nSPS) is 8.83. The fourth-order valence-electron chi connectivity index (χ4n) is 0.0805. The van der Waals surface area contributed by atoms with Crippen molar-refractivity contribution < 1.29 is 4.74 Å². The molecule has 34 valence electrons. The highest BCUT2D eigenvalue weighted by Gasteiger charge is 1.52. The van der Waals surface area contributed by atoms with Crippen LogP contribution in [0.5, 0.6) is 0 Å². The van der Waals surface area contributed by atoms with Crippen LogP contribution < -0.4 is 0 Å². The van der Waals surface area contributed by atoms with E-state index in [1.54, 1.807) is 0 Å². The predicted molar refractivity (Wildman–Crippen MR) is 25.0 cm³/mol. The topological polar surface area (TPSA) is 34.0 Å². The van der Waals surface area contributed by atoms with Crippen molar-refractivity contribution in [3.8, 4) is 0 Å². The molecule has 0 N–H and O–H groups in total. The van der Waals surface area contributed by atoms with Crippen LogP contribution in [0.25, 0.3) is 0 Å². The third-order valence-corrected chi connectivity index (χ3v) is 0.234. The van der Waals surface area contributed by atoms with Gasteiger partial charge in [-0.05, 0) is 0 Å². The Kier molecular flexibility index (Phi) is 3.55. The fourth-order valence-corrected chi connectivity index (χ4v) is 0.0805. The second-order valence-corrected chi connectivity index (χ2v) is 0.598. The predicted octanol–water partition coefficient (Wildman–Crippen LogP) is 0.277. The zero-order valence-corrected chi connectivity index (χ0v) is 3.59. The van der Waals surface area contributed by atoms with E-state index in [-0.39, 0.29) is 0 Å². The van der Waals surface area contributed by atoms with E-state index >= 15 is 0 Å². The summed E-state index contributed by atoms with van der Waals surface area (Å²) in [6.07, 6.45) is 1.20. The van der Waals surface area contributed by atoms with Gasteiger partial charge in [0.15, 0.2) is 6.40 Å². The summed E-state index contributed by atoms with van der Waals surface area (Å²) in [6, 6.07) is 0. The number of hydrogen-bond acceptors (Lipinski definition) is 3. The molecular formula is C3H6N2O. The van der Waals surface area contributed by atoms with Crippen molar-refractivity contribution in [1.29, 1.82) is 0 Å². The molecule has 0 saturated carbocycles. The second-order valence-electron chi connectivity index (χ2n) is 0.598. The Morgan fingerprint density at radius 3 is 2.67 bits per heavy atom. The molecule has 0 aromatic heterocycles. The molecule has 0 heterocycles. The monoisotopic (exact) mass is 86.0 g/mol. The van der Waals surface area contributed by atoms with Gasteiger partial charge in [-0.15, -0.1) is 5.10 Å². The Hall–Kier alpha value is -0.860. The molecule has 0 amide bonds. The minimum absolute atomic E-state index is 1.20. The van der Waals surface area contributed by atoms with Crippen LogP contribution in [0.2, 0.25) is 0 Å². The third-order valence-electron chi connectivity index (χ3n) is 0.234. The number of methoxy groups -OCH3 is 1. The smallest absolute Gasteiger partial charge is 0.194 e. The molecule has 6 heavy (non-hydrogen) atoms. The van der Waals surface area contributed by atoms with Gasteiger partial charge in [0.1, 0.15) is 0 Å². The largest absolute Gasteiger partial charge is 0.485 e. The summed E-state index contributed by atoms with van der Waals surface area (Å²) in [5.74, 6) is 0. The number of rotatable bonds is 2. The molecule has 3 nitrogen and oxygen atoms in total. The summed E-state index contributed by atoms with van der Waals surface area (Å²) in [4.78, 5) is 0. The summed E-state index contributed by atoms with van der Waals surface area (Å²) >= 11 is 0. The molecule has 0 aliphatic rings. The van der Waals surface area contributed by atoms with Crippen molar-refractivity contribution in [2.24, 2.45) is 10.2 Å². The first kappa shape index (κ1) is 5.14. The molecule has 0 aliphatic carbocycles. The van der Waals surface area contributed by atoms with E-state index < -0.39 is 0 Å². The average molecular weight is 86.1 g/mol. The first-order valence-electron chi connectivity index (χ1n) is 1.42. The molecule has 0 bridgehead atoms. The number of nitrogens with zero attached hydrogens (tertiary/aromatic N) is 2. The maximum atomic E-state index is 4.36. The number of ether oxygens (including phenoxy) is 1. The molecule has 3 heteroatoms. The standard InChI is InChI=1S/C3H6N2O/c1-4-5-3-6-2/h3H,1H2,2H3/b5-3-. The first-order valence-corrected chi connectivity index (χ1v) is 1.42. The van der Waals surface area contributed by atoms with Crippen molar-refractivity contribution in [1.82, 2.24) is 0 Å². The summed E-state index contributed by atoms with van der Waals surface area (Å²) in [5, 5.41) is 6.38. The van der Waals surface area contributed by atoms with Crippen LogP contribution in [0, 0.1) is 0 Å². The van der Waals surface area contributed by atoms with Crippen LogP contribution in [0.15, 0.2) is 10.2 Å². The highest BCUT2D eigenvalue weighted by Crippen LogP contribution is 1.59. The molecule has 0 spiro atoms. The van der Waals surface area contributed by atoms with Crippen molar-refractivity contribution in [3.05, 3.63) is 0 Å². The van der Waals surface area contributed by atoms with Crippen LogP contribution in [0.4, 0.5) is 0 Å². The molecule has 0 aromatic rings. The molecule has 0 fully saturated rings.